The van der Waals surface area contributed by atoms with E-state index in [2.05, 4.69) is 65.0 Å². The van der Waals surface area contributed by atoms with Gasteiger partial charge in [-0.1, -0.05) is 32.8 Å². The van der Waals surface area contributed by atoms with Crippen LogP contribution < -0.4 is 16.0 Å². The number of guanidine groups is 1. The predicted octanol–water partition coefficient (Wildman–Crippen LogP) is 2.45. The van der Waals surface area contributed by atoms with Gasteiger partial charge >= 0.3 is 0 Å². The van der Waals surface area contributed by atoms with Crippen molar-refractivity contribution in [2.75, 3.05) is 38.1 Å². The first kappa shape index (κ1) is 20.5. The molecule has 0 amide bonds. The van der Waals surface area contributed by atoms with Crippen LogP contribution in [0, 0.1) is 5.92 Å². The minimum atomic E-state index is 0.357. The van der Waals surface area contributed by atoms with Gasteiger partial charge in [-0.2, -0.15) is 0 Å². The smallest absolute Gasteiger partial charge is 0.189 e. The second-order valence-corrected chi connectivity index (χ2v) is 7.89. The summed E-state index contributed by atoms with van der Waals surface area (Å²) in [5.41, 5.74) is 7.10. The zero-order valence-corrected chi connectivity index (χ0v) is 16.9. The maximum absolute atomic E-state index is 6.02. The summed E-state index contributed by atoms with van der Waals surface area (Å²) in [5, 5.41) is 3.29. The lowest BCUT2D eigenvalue weighted by molar-refractivity contribution is 0.312. The molecule has 0 bridgehead atoms. The molecule has 0 aliphatic carbocycles. The predicted molar refractivity (Wildman–Crippen MR) is 111 cm³/mol. The lowest BCUT2D eigenvalue weighted by Crippen LogP contribution is -2.44. The van der Waals surface area contributed by atoms with Crippen LogP contribution in [0.15, 0.2) is 23.3 Å². The van der Waals surface area contributed by atoms with Crippen LogP contribution in [-0.2, 0) is 6.54 Å². The lowest BCUT2D eigenvalue weighted by Gasteiger charge is -2.33. The van der Waals surface area contributed by atoms with Crippen molar-refractivity contribution >= 4 is 11.8 Å². The number of pyridine rings is 1. The highest BCUT2D eigenvalue weighted by atomic mass is 15.3. The van der Waals surface area contributed by atoms with Crippen molar-refractivity contribution in [2.24, 2.45) is 16.6 Å². The van der Waals surface area contributed by atoms with E-state index in [0.717, 1.165) is 49.9 Å². The fraction of sp³-hybridized carbons (Fsp3) is 0.700. The Bertz CT molecular complexity index is 546. The number of nitrogens with zero attached hydrogens (tertiary/aromatic N) is 4. The largest absolute Gasteiger partial charge is 0.370 e. The fourth-order valence-corrected chi connectivity index (χ4v) is 3.11. The maximum Gasteiger partial charge on any atom is 0.189 e. The van der Waals surface area contributed by atoms with E-state index in [4.69, 9.17) is 5.73 Å². The highest BCUT2D eigenvalue weighted by molar-refractivity contribution is 5.78. The molecule has 2 rings (SSSR count). The monoisotopic (exact) mass is 360 g/mol. The van der Waals surface area contributed by atoms with Crippen LogP contribution >= 0.6 is 0 Å². The highest BCUT2D eigenvalue weighted by Gasteiger charge is 2.14. The van der Waals surface area contributed by atoms with Gasteiger partial charge in [0, 0.05) is 38.4 Å². The topological polar surface area (TPSA) is 69.8 Å². The minimum Gasteiger partial charge on any atom is -0.370 e. The molecule has 146 valence electrons. The molecule has 0 radical (unpaired) electrons. The normalized spacial score (nSPS) is 17.6. The molecule has 1 saturated heterocycles. The van der Waals surface area contributed by atoms with Crippen LogP contribution in [0.1, 0.15) is 45.6 Å². The van der Waals surface area contributed by atoms with Crippen LogP contribution in [0.5, 0.6) is 0 Å². The third-order valence-corrected chi connectivity index (χ3v) is 4.88. The molecule has 0 aromatic carbocycles. The Labute approximate surface area is 158 Å². The number of likely N-dealkylation sites (N-methyl/N-ethyl adjacent to an activating group) is 1. The van der Waals surface area contributed by atoms with Gasteiger partial charge in [0.25, 0.3) is 0 Å². The van der Waals surface area contributed by atoms with Gasteiger partial charge in [0.05, 0.1) is 6.54 Å². The molecule has 1 aliphatic heterocycles. The lowest BCUT2D eigenvalue weighted by atomic mass is 10.0. The molecule has 1 fully saturated rings. The SMILES string of the molecule is CC(C)CCCC(C)NC(N)=NCc1ccc(N2CCN(C)CC2)nc1. The summed E-state index contributed by atoms with van der Waals surface area (Å²) in [6, 6.07) is 4.55. The van der Waals surface area contributed by atoms with Gasteiger partial charge in [-0.25, -0.2) is 9.98 Å². The molecule has 26 heavy (non-hydrogen) atoms. The Hall–Kier alpha value is -1.82. The van der Waals surface area contributed by atoms with Crippen molar-refractivity contribution in [3.63, 3.8) is 0 Å². The molecule has 1 atom stereocenters. The van der Waals surface area contributed by atoms with E-state index in [-0.39, 0.29) is 0 Å². The molecule has 1 aromatic rings. The van der Waals surface area contributed by atoms with Crippen LogP contribution in [0.3, 0.4) is 0 Å². The second kappa shape index (κ2) is 10.4. The fourth-order valence-electron chi connectivity index (χ4n) is 3.11. The average molecular weight is 361 g/mol. The Morgan fingerprint density at radius 2 is 1.92 bits per heavy atom. The molecule has 3 N–H and O–H groups in total. The summed E-state index contributed by atoms with van der Waals surface area (Å²) in [7, 11) is 2.16. The van der Waals surface area contributed by atoms with E-state index < -0.39 is 0 Å². The molecule has 1 aliphatic rings. The summed E-state index contributed by atoms with van der Waals surface area (Å²) < 4.78 is 0. The number of rotatable bonds is 8. The first-order valence-electron chi connectivity index (χ1n) is 9.89. The molecule has 1 aromatic heterocycles. The number of hydrogen-bond donors (Lipinski definition) is 2. The third kappa shape index (κ3) is 7.20. The number of hydrogen-bond acceptors (Lipinski definition) is 4. The summed E-state index contributed by atoms with van der Waals surface area (Å²) in [6.07, 6.45) is 5.51. The number of anilines is 1. The zero-order valence-electron chi connectivity index (χ0n) is 16.9. The number of aliphatic imine (C=N–C) groups is 1. The molecule has 6 heteroatoms. The summed E-state index contributed by atoms with van der Waals surface area (Å²) in [5.74, 6) is 2.33. The molecule has 0 spiro atoms. The average Bonchev–Trinajstić information content (AvgIpc) is 2.61. The maximum atomic E-state index is 6.02. The Morgan fingerprint density at radius 3 is 2.54 bits per heavy atom. The van der Waals surface area contributed by atoms with E-state index in [1.165, 1.54) is 12.8 Å². The van der Waals surface area contributed by atoms with E-state index in [9.17, 15) is 0 Å². The number of aromatic nitrogens is 1. The minimum absolute atomic E-state index is 0.357. The van der Waals surface area contributed by atoms with E-state index in [0.29, 0.717) is 18.5 Å². The first-order valence-corrected chi connectivity index (χ1v) is 9.89. The third-order valence-electron chi connectivity index (χ3n) is 4.88. The van der Waals surface area contributed by atoms with E-state index in [1.54, 1.807) is 0 Å². The number of nitrogens with two attached hydrogens (primary N) is 1. The Kier molecular flexibility index (Phi) is 8.16. The molecular formula is C20H36N6. The molecule has 2 heterocycles. The molecular weight excluding hydrogens is 324 g/mol. The van der Waals surface area contributed by atoms with Gasteiger partial charge in [0.15, 0.2) is 5.96 Å². The van der Waals surface area contributed by atoms with E-state index >= 15 is 0 Å². The van der Waals surface area contributed by atoms with Gasteiger partial charge in [0.2, 0.25) is 0 Å². The number of nitrogens with one attached hydrogen (secondary N) is 1. The van der Waals surface area contributed by atoms with Gasteiger partial charge in [0.1, 0.15) is 5.82 Å². The van der Waals surface area contributed by atoms with Crippen molar-refractivity contribution in [3.8, 4) is 0 Å². The van der Waals surface area contributed by atoms with Gasteiger partial charge in [-0.05, 0) is 37.9 Å². The molecule has 1 unspecified atom stereocenters. The molecule has 6 nitrogen and oxygen atoms in total. The summed E-state index contributed by atoms with van der Waals surface area (Å²) in [6.45, 7) is 11.5. The zero-order chi connectivity index (χ0) is 18.9. The van der Waals surface area contributed by atoms with Crippen molar-refractivity contribution < 1.29 is 0 Å². The quantitative estimate of drug-likeness (QED) is 0.550. The van der Waals surface area contributed by atoms with Gasteiger partial charge < -0.3 is 20.9 Å². The molecule has 0 saturated carbocycles. The Morgan fingerprint density at radius 1 is 1.19 bits per heavy atom. The van der Waals surface area contributed by atoms with Crippen molar-refractivity contribution in [1.82, 2.24) is 15.2 Å². The highest BCUT2D eigenvalue weighted by Crippen LogP contribution is 2.14. The van der Waals surface area contributed by atoms with Crippen molar-refractivity contribution in [1.29, 1.82) is 0 Å². The van der Waals surface area contributed by atoms with Crippen LogP contribution in [-0.4, -0.2) is 55.1 Å². The summed E-state index contributed by atoms with van der Waals surface area (Å²) >= 11 is 0. The van der Waals surface area contributed by atoms with Crippen molar-refractivity contribution in [3.05, 3.63) is 23.9 Å². The Balaban J connectivity index is 1.76. The number of piperazine rings is 1. The summed E-state index contributed by atoms with van der Waals surface area (Å²) in [4.78, 5) is 13.7. The van der Waals surface area contributed by atoms with Crippen LogP contribution in [0.2, 0.25) is 0 Å². The van der Waals surface area contributed by atoms with Gasteiger partial charge in [-0.15, -0.1) is 0 Å². The van der Waals surface area contributed by atoms with Crippen molar-refractivity contribution in [2.45, 2.75) is 52.6 Å². The standard InChI is InChI=1S/C20H36N6/c1-16(2)6-5-7-17(3)24-20(21)23-15-18-8-9-19(22-14-18)26-12-10-25(4)11-13-26/h8-9,14,16-17H,5-7,10-13,15H2,1-4H3,(H3,21,23,24). The van der Waals surface area contributed by atoms with Crippen LogP contribution in [0.25, 0.3) is 0 Å². The first-order chi connectivity index (χ1) is 12.4. The van der Waals surface area contributed by atoms with E-state index in [1.807, 2.05) is 6.20 Å². The van der Waals surface area contributed by atoms with Crippen LogP contribution in [0.4, 0.5) is 5.82 Å². The second-order valence-electron chi connectivity index (χ2n) is 7.89. The van der Waals surface area contributed by atoms with Gasteiger partial charge in [-0.3, -0.25) is 0 Å².